The molecule has 0 aliphatic rings. The lowest BCUT2D eigenvalue weighted by Gasteiger charge is -2.12. The van der Waals surface area contributed by atoms with E-state index in [0.29, 0.717) is 6.61 Å². The average molecular weight is 219 g/mol. The van der Waals surface area contributed by atoms with Crippen LogP contribution in [0.3, 0.4) is 0 Å². The van der Waals surface area contributed by atoms with Crippen molar-refractivity contribution >= 4 is 0 Å². The molecule has 0 radical (unpaired) electrons. The SMILES string of the molecule is C=C(CC)COc1ccc(C(C)N)cc1C. The van der Waals surface area contributed by atoms with Gasteiger partial charge in [0, 0.05) is 6.04 Å². The number of nitrogens with two attached hydrogens (primary N) is 1. The second-order valence-corrected chi connectivity index (χ2v) is 4.21. The van der Waals surface area contributed by atoms with Gasteiger partial charge in [-0.05, 0) is 43.0 Å². The molecule has 1 atom stereocenters. The third-order valence-electron chi connectivity index (χ3n) is 2.66. The van der Waals surface area contributed by atoms with E-state index >= 15 is 0 Å². The Kier molecular flexibility index (Phi) is 4.56. The molecule has 0 heterocycles. The van der Waals surface area contributed by atoms with Crippen LogP contribution < -0.4 is 10.5 Å². The Bertz CT molecular complexity index is 369. The standard InChI is InChI=1S/C14H21NO/c1-5-10(2)9-16-14-7-6-13(12(4)15)8-11(14)3/h6-8,12H,2,5,9,15H2,1,3-4H3. The molecule has 1 unspecified atom stereocenters. The highest BCUT2D eigenvalue weighted by molar-refractivity contribution is 5.37. The summed E-state index contributed by atoms with van der Waals surface area (Å²) in [6.07, 6.45) is 0.955. The number of ether oxygens (including phenoxy) is 1. The van der Waals surface area contributed by atoms with Crippen molar-refractivity contribution in [2.75, 3.05) is 6.61 Å². The lowest BCUT2D eigenvalue weighted by Crippen LogP contribution is -2.06. The summed E-state index contributed by atoms with van der Waals surface area (Å²) >= 11 is 0. The maximum absolute atomic E-state index is 5.82. The fourth-order valence-electron chi connectivity index (χ4n) is 1.40. The molecule has 0 aliphatic heterocycles. The summed E-state index contributed by atoms with van der Waals surface area (Å²) in [7, 11) is 0. The Morgan fingerprint density at radius 3 is 2.69 bits per heavy atom. The van der Waals surface area contributed by atoms with E-state index in [9.17, 15) is 0 Å². The molecular formula is C14H21NO. The molecule has 0 aliphatic carbocycles. The van der Waals surface area contributed by atoms with Gasteiger partial charge < -0.3 is 10.5 Å². The van der Waals surface area contributed by atoms with Crippen LogP contribution in [0.1, 0.15) is 37.4 Å². The molecule has 88 valence electrons. The summed E-state index contributed by atoms with van der Waals surface area (Å²) < 4.78 is 5.68. The molecule has 2 heteroatoms. The molecule has 2 N–H and O–H groups in total. The van der Waals surface area contributed by atoms with E-state index in [4.69, 9.17) is 10.5 Å². The highest BCUT2D eigenvalue weighted by atomic mass is 16.5. The normalized spacial score (nSPS) is 12.2. The Hall–Kier alpha value is -1.28. The second kappa shape index (κ2) is 5.71. The monoisotopic (exact) mass is 219 g/mol. The topological polar surface area (TPSA) is 35.2 Å². The van der Waals surface area contributed by atoms with Crippen molar-refractivity contribution in [1.29, 1.82) is 0 Å². The molecule has 0 spiro atoms. The van der Waals surface area contributed by atoms with Gasteiger partial charge in [-0.2, -0.15) is 0 Å². The molecule has 1 aromatic rings. The molecule has 1 aromatic carbocycles. The van der Waals surface area contributed by atoms with Crippen molar-refractivity contribution in [1.82, 2.24) is 0 Å². The molecule has 0 saturated carbocycles. The predicted molar refractivity (Wildman–Crippen MR) is 68.7 cm³/mol. The van der Waals surface area contributed by atoms with Crippen LogP contribution in [0.15, 0.2) is 30.4 Å². The second-order valence-electron chi connectivity index (χ2n) is 4.21. The molecule has 2 nitrogen and oxygen atoms in total. The van der Waals surface area contributed by atoms with E-state index < -0.39 is 0 Å². The van der Waals surface area contributed by atoms with Crippen LogP contribution in [-0.2, 0) is 0 Å². The Balaban J connectivity index is 2.72. The lowest BCUT2D eigenvalue weighted by molar-refractivity contribution is 0.346. The molecule has 0 bridgehead atoms. The first-order valence-electron chi connectivity index (χ1n) is 5.70. The van der Waals surface area contributed by atoms with Crippen molar-refractivity contribution < 1.29 is 4.74 Å². The van der Waals surface area contributed by atoms with E-state index in [-0.39, 0.29) is 6.04 Å². The number of benzene rings is 1. The van der Waals surface area contributed by atoms with E-state index in [1.54, 1.807) is 0 Å². The highest BCUT2D eigenvalue weighted by Crippen LogP contribution is 2.22. The lowest BCUT2D eigenvalue weighted by atomic mass is 10.1. The number of rotatable bonds is 5. The van der Waals surface area contributed by atoms with Gasteiger partial charge in [0.05, 0.1) is 0 Å². The van der Waals surface area contributed by atoms with Gasteiger partial charge >= 0.3 is 0 Å². The van der Waals surface area contributed by atoms with Crippen LogP contribution in [-0.4, -0.2) is 6.61 Å². The van der Waals surface area contributed by atoms with Gasteiger partial charge in [0.25, 0.3) is 0 Å². The fraction of sp³-hybridized carbons (Fsp3) is 0.429. The van der Waals surface area contributed by atoms with Crippen molar-refractivity contribution in [3.05, 3.63) is 41.5 Å². The summed E-state index contributed by atoms with van der Waals surface area (Å²) in [5.74, 6) is 0.916. The minimum Gasteiger partial charge on any atom is -0.489 e. The zero-order valence-electron chi connectivity index (χ0n) is 10.4. The van der Waals surface area contributed by atoms with E-state index in [1.165, 1.54) is 0 Å². The first-order valence-corrected chi connectivity index (χ1v) is 5.70. The third kappa shape index (κ3) is 3.38. The van der Waals surface area contributed by atoms with Crippen LogP contribution >= 0.6 is 0 Å². The van der Waals surface area contributed by atoms with E-state index in [0.717, 1.165) is 28.9 Å². The zero-order chi connectivity index (χ0) is 12.1. The smallest absolute Gasteiger partial charge is 0.122 e. The van der Waals surface area contributed by atoms with Gasteiger partial charge in [-0.25, -0.2) is 0 Å². The average Bonchev–Trinajstić information content (AvgIpc) is 2.26. The maximum atomic E-state index is 5.82. The van der Waals surface area contributed by atoms with Crippen molar-refractivity contribution in [2.45, 2.75) is 33.2 Å². The molecule has 0 fully saturated rings. The van der Waals surface area contributed by atoms with Gasteiger partial charge in [0.2, 0.25) is 0 Å². The number of hydrogen-bond donors (Lipinski definition) is 1. The van der Waals surface area contributed by atoms with Crippen LogP contribution in [0.25, 0.3) is 0 Å². The van der Waals surface area contributed by atoms with Crippen LogP contribution in [0.4, 0.5) is 0 Å². The van der Waals surface area contributed by atoms with Crippen LogP contribution in [0.2, 0.25) is 0 Å². The van der Waals surface area contributed by atoms with Crippen molar-refractivity contribution in [3.63, 3.8) is 0 Å². The number of hydrogen-bond acceptors (Lipinski definition) is 2. The zero-order valence-corrected chi connectivity index (χ0v) is 10.4. The van der Waals surface area contributed by atoms with Gasteiger partial charge in [0.15, 0.2) is 0 Å². The minimum atomic E-state index is 0.0679. The number of aryl methyl sites for hydroxylation is 1. The van der Waals surface area contributed by atoms with Crippen molar-refractivity contribution in [2.24, 2.45) is 5.73 Å². The Labute approximate surface area is 98.1 Å². The maximum Gasteiger partial charge on any atom is 0.122 e. The molecule has 16 heavy (non-hydrogen) atoms. The summed E-state index contributed by atoms with van der Waals surface area (Å²) in [4.78, 5) is 0. The van der Waals surface area contributed by atoms with E-state index in [1.807, 2.05) is 26.0 Å². The molecule has 0 aromatic heterocycles. The van der Waals surface area contributed by atoms with Gasteiger partial charge in [-0.1, -0.05) is 25.6 Å². The summed E-state index contributed by atoms with van der Waals surface area (Å²) in [6, 6.07) is 6.14. The van der Waals surface area contributed by atoms with Gasteiger partial charge in [0.1, 0.15) is 12.4 Å². The molecule has 1 rings (SSSR count). The first-order chi connectivity index (χ1) is 7.54. The minimum absolute atomic E-state index is 0.0679. The van der Waals surface area contributed by atoms with E-state index in [2.05, 4.69) is 19.6 Å². The molecule has 0 saturated heterocycles. The third-order valence-corrected chi connectivity index (χ3v) is 2.66. The Morgan fingerprint density at radius 1 is 1.50 bits per heavy atom. The first kappa shape index (κ1) is 12.8. The summed E-state index contributed by atoms with van der Waals surface area (Å²) in [5.41, 5.74) is 9.19. The van der Waals surface area contributed by atoms with Gasteiger partial charge in [-0.15, -0.1) is 0 Å². The molecular weight excluding hydrogens is 198 g/mol. The molecule has 0 amide bonds. The van der Waals surface area contributed by atoms with Crippen LogP contribution in [0.5, 0.6) is 5.75 Å². The Morgan fingerprint density at radius 2 is 2.19 bits per heavy atom. The summed E-state index contributed by atoms with van der Waals surface area (Å²) in [6.45, 7) is 10.6. The largest absolute Gasteiger partial charge is 0.489 e. The summed E-state index contributed by atoms with van der Waals surface area (Å²) in [5, 5.41) is 0. The quantitative estimate of drug-likeness (QED) is 0.771. The predicted octanol–water partition coefficient (Wildman–Crippen LogP) is 3.36. The van der Waals surface area contributed by atoms with Gasteiger partial charge in [-0.3, -0.25) is 0 Å². The highest BCUT2D eigenvalue weighted by Gasteiger charge is 2.04. The van der Waals surface area contributed by atoms with Crippen LogP contribution in [0, 0.1) is 6.92 Å². The fourth-order valence-corrected chi connectivity index (χ4v) is 1.40. The van der Waals surface area contributed by atoms with Crippen molar-refractivity contribution in [3.8, 4) is 5.75 Å².